The minimum atomic E-state index is -0.507. The van der Waals surface area contributed by atoms with Crippen LogP contribution in [0.15, 0.2) is 53.4 Å². The lowest BCUT2D eigenvalue weighted by molar-refractivity contribution is -0.124. The molecule has 0 bridgehead atoms. The molecule has 0 heterocycles. The fourth-order valence-corrected chi connectivity index (χ4v) is 2.65. The van der Waals surface area contributed by atoms with Crippen LogP contribution in [0.25, 0.3) is 0 Å². The smallest absolute Gasteiger partial charge is 0.338 e. The van der Waals surface area contributed by atoms with E-state index in [1.54, 1.807) is 31.0 Å². The summed E-state index contributed by atoms with van der Waals surface area (Å²) in [6.07, 6.45) is 2.60. The van der Waals surface area contributed by atoms with Crippen LogP contribution in [0.4, 0.5) is 0 Å². The van der Waals surface area contributed by atoms with E-state index in [9.17, 15) is 9.59 Å². The third kappa shape index (κ3) is 5.83. The summed E-state index contributed by atoms with van der Waals surface area (Å²) in [5.74, 6) is -0.0478. The van der Waals surface area contributed by atoms with E-state index in [2.05, 4.69) is 5.32 Å². The van der Waals surface area contributed by atoms with E-state index in [4.69, 9.17) is 9.47 Å². The molecule has 25 heavy (non-hydrogen) atoms. The van der Waals surface area contributed by atoms with Crippen LogP contribution in [0.3, 0.4) is 0 Å². The van der Waals surface area contributed by atoms with E-state index in [1.165, 1.54) is 0 Å². The highest BCUT2D eigenvalue weighted by atomic mass is 32.2. The fourth-order valence-electron chi connectivity index (χ4n) is 2.24. The van der Waals surface area contributed by atoms with Crippen LogP contribution >= 0.6 is 11.8 Å². The number of methoxy groups -OCH3 is 1. The Morgan fingerprint density at radius 1 is 1.08 bits per heavy atom. The van der Waals surface area contributed by atoms with E-state index < -0.39 is 5.97 Å². The third-order valence-electron chi connectivity index (χ3n) is 3.57. The quantitative estimate of drug-likeness (QED) is 0.580. The molecule has 5 nitrogen and oxygen atoms in total. The molecular weight excluding hydrogens is 338 g/mol. The summed E-state index contributed by atoms with van der Waals surface area (Å²) in [6.45, 7) is 0.147. The van der Waals surface area contributed by atoms with Gasteiger partial charge in [-0.1, -0.05) is 18.2 Å². The second-order valence-corrected chi connectivity index (χ2v) is 6.10. The van der Waals surface area contributed by atoms with Gasteiger partial charge >= 0.3 is 5.97 Å². The van der Waals surface area contributed by atoms with Crippen molar-refractivity contribution in [2.45, 2.75) is 11.3 Å². The van der Waals surface area contributed by atoms with Gasteiger partial charge in [-0.3, -0.25) is 4.79 Å². The zero-order valence-corrected chi connectivity index (χ0v) is 15.1. The average Bonchev–Trinajstić information content (AvgIpc) is 2.66. The molecule has 2 rings (SSSR count). The molecule has 1 amide bonds. The average molecular weight is 359 g/mol. The van der Waals surface area contributed by atoms with Gasteiger partial charge in [0, 0.05) is 11.4 Å². The van der Waals surface area contributed by atoms with Gasteiger partial charge in [0.1, 0.15) is 5.75 Å². The van der Waals surface area contributed by atoms with Gasteiger partial charge in [-0.05, 0) is 48.6 Å². The van der Waals surface area contributed by atoms with Crippen LogP contribution in [0, 0.1) is 0 Å². The lowest BCUT2D eigenvalue weighted by Gasteiger charge is -2.09. The summed E-state index contributed by atoms with van der Waals surface area (Å²) in [5.41, 5.74) is 1.44. The maximum atomic E-state index is 11.9. The summed E-state index contributed by atoms with van der Waals surface area (Å²) in [7, 11) is 1.61. The van der Waals surface area contributed by atoms with Gasteiger partial charge in [0.2, 0.25) is 0 Å². The molecule has 0 saturated heterocycles. The molecule has 0 spiro atoms. The molecule has 6 heteroatoms. The number of carbonyl (C=O) groups excluding carboxylic acids is 2. The number of ether oxygens (including phenoxy) is 2. The molecule has 0 radical (unpaired) electrons. The Balaban J connectivity index is 1.73. The zero-order chi connectivity index (χ0) is 18.1. The number of benzene rings is 2. The lowest BCUT2D eigenvalue weighted by Crippen LogP contribution is -2.30. The van der Waals surface area contributed by atoms with Crippen LogP contribution in [-0.2, 0) is 16.0 Å². The summed E-state index contributed by atoms with van der Waals surface area (Å²) >= 11 is 1.59. The van der Waals surface area contributed by atoms with Crippen molar-refractivity contribution in [3.05, 3.63) is 59.7 Å². The van der Waals surface area contributed by atoms with E-state index in [1.807, 2.05) is 42.7 Å². The summed E-state index contributed by atoms with van der Waals surface area (Å²) in [6, 6.07) is 14.7. The minimum absolute atomic E-state index is 0.297. The first-order valence-corrected chi connectivity index (χ1v) is 9.06. The molecule has 0 unspecified atom stereocenters. The highest BCUT2D eigenvalue weighted by molar-refractivity contribution is 7.98. The number of hydrogen-bond acceptors (Lipinski definition) is 5. The Morgan fingerprint density at radius 2 is 1.80 bits per heavy atom. The van der Waals surface area contributed by atoms with Crippen LogP contribution < -0.4 is 10.1 Å². The van der Waals surface area contributed by atoms with Crippen LogP contribution in [0.2, 0.25) is 0 Å². The van der Waals surface area contributed by atoms with Crippen molar-refractivity contribution < 1.29 is 19.1 Å². The molecule has 0 aliphatic heterocycles. The van der Waals surface area contributed by atoms with Crippen molar-refractivity contribution in [1.29, 1.82) is 0 Å². The first kappa shape index (κ1) is 18.9. The number of amides is 1. The predicted octanol–water partition coefficient (Wildman–Crippen LogP) is 2.93. The Hall–Kier alpha value is -2.47. The summed E-state index contributed by atoms with van der Waals surface area (Å²) in [5, 5.41) is 2.73. The third-order valence-corrected chi connectivity index (χ3v) is 4.31. The number of para-hydroxylation sites is 1. The lowest BCUT2D eigenvalue weighted by atomic mass is 10.1. The second kappa shape index (κ2) is 9.74. The molecule has 0 fully saturated rings. The fraction of sp³-hybridized carbons (Fsp3) is 0.263. The number of nitrogens with one attached hydrogen (secondary N) is 1. The highest BCUT2D eigenvalue weighted by Crippen LogP contribution is 2.17. The predicted molar refractivity (Wildman–Crippen MR) is 98.2 cm³/mol. The zero-order valence-electron chi connectivity index (χ0n) is 14.3. The molecule has 0 aromatic heterocycles. The number of hydrogen-bond donors (Lipinski definition) is 1. The topological polar surface area (TPSA) is 64.6 Å². The van der Waals surface area contributed by atoms with Crippen molar-refractivity contribution >= 4 is 23.6 Å². The molecule has 0 atom stereocenters. The van der Waals surface area contributed by atoms with E-state index in [0.717, 1.165) is 16.2 Å². The molecule has 2 aromatic carbocycles. The maximum absolute atomic E-state index is 11.9. The van der Waals surface area contributed by atoms with Crippen molar-refractivity contribution in [2.75, 3.05) is 26.5 Å². The molecule has 132 valence electrons. The molecule has 2 aromatic rings. The van der Waals surface area contributed by atoms with Gasteiger partial charge < -0.3 is 14.8 Å². The standard InChI is InChI=1S/C19H21NO4S/c1-23-17-6-4-3-5-14(17)11-12-20-18(21)13-24-19(22)15-7-9-16(25-2)10-8-15/h3-10H,11-13H2,1-2H3,(H,20,21). The Morgan fingerprint density at radius 3 is 2.48 bits per heavy atom. The molecule has 0 aliphatic rings. The van der Waals surface area contributed by atoms with Crippen molar-refractivity contribution in [2.24, 2.45) is 0 Å². The van der Waals surface area contributed by atoms with Crippen molar-refractivity contribution in [1.82, 2.24) is 5.32 Å². The number of thioether (sulfide) groups is 1. The van der Waals surface area contributed by atoms with E-state index >= 15 is 0 Å². The van der Waals surface area contributed by atoms with Crippen LogP contribution in [0.5, 0.6) is 5.75 Å². The van der Waals surface area contributed by atoms with Crippen molar-refractivity contribution in [3.63, 3.8) is 0 Å². The van der Waals surface area contributed by atoms with E-state index in [0.29, 0.717) is 18.5 Å². The summed E-state index contributed by atoms with van der Waals surface area (Å²) in [4.78, 5) is 24.8. The molecule has 1 N–H and O–H groups in total. The van der Waals surface area contributed by atoms with Crippen LogP contribution in [0.1, 0.15) is 15.9 Å². The Kier molecular flexibility index (Phi) is 7.35. The monoisotopic (exact) mass is 359 g/mol. The second-order valence-electron chi connectivity index (χ2n) is 5.22. The summed E-state index contributed by atoms with van der Waals surface area (Å²) < 4.78 is 10.3. The largest absolute Gasteiger partial charge is 0.496 e. The van der Waals surface area contributed by atoms with Crippen molar-refractivity contribution in [3.8, 4) is 5.75 Å². The van der Waals surface area contributed by atoms with Gasteiger partial charge in [0.25, 0.3) is 5.91 Å². The minimum Gasteiger partial charge on any atom is -0.496 e. The van der Waals surface area contributed by atoms with Gasteiger partial charge in [0.15, 0.2) is 6.61 Å². The van der Waals surface area contributed by atoms with Crippen LogP contribution in [-0.4, -0.2) is 38.4 Å². The number of esters is 1. The van der Waals surface area contributed by atoms with Gasteiger partial charge in [-0.2, -0.15) is 0 Å². The maximum Gasteiger partial charge on any atom is 0.338 e. The number of rotatable bonds is 8. The van der Waals surface area contributed by atoms with Gasteiger partial charge in [-0.25, -0.2) is 4.79 Å². The normalized spacial score (nSPS) is 10.2. The first-order valence-electron chi connectivity index (χ1n) is 7.84. The van der Waals surface area contributed by atoms with Gasteiger partial charge in [-0.15, -0.1) is 11.8 Å². The Bertz CT molecular complexity index is 716. The highest BCUT2D eigenvalue weighted by Gasteiger charge is 2.10. The van der Waals surface area contributed by atoms with Gasteiger partial charge in [0.05, 0.1) is 12.7 Å². The molecular formula is C19H21NO4S. The first-order chi connectivity index (χ1) is 12.1. The SMILES string of the molecule is COc1ccccc1CCNC(=O)COC(=O)c1ccc(SC)cc1. The number of carbonyl (C=O) groups is 2. The Labute approximate surface area is 151 Å². The van der Waals surface area contributed by atoms with E-state index in [-0.39, 0.29) is 12.5 Å². The molecule has 0 saturated carbocycles. The molecule has 0 aliphatic carbocycles.